The molecule has 0 amide bonds. The highest BCUT2D eigenvalue weighted by atomic mass is 16.5. The minimum atomic E-state index is -0.785. The molecule has 202 valence electrons. The van der Waals surface area contributed by atoms with Gasteiger partial charge in [0, 0.05) is 43.1 Å². The molecule has 0 unspecified atom stereocenters. The molecule has 0 fully saturated rings. The topological polar surface area (TPSA) is 89.3 Å². The Morgan fingerprint density at radius 1 is 1.02 bits per heavy atom. The Morgan fingerprint density at radius 3 is 2.62 bits per heavy atom. The van der Waals surface area contributed by atoms with Gasteiger partial charge in [0.25, 0.3) is 0 Å². The summed E-state index contributed by atoms with van der Waals surface area (Å²) in [6, 6.07) is 22.3. The number of hydrogen-bond acceptors (Lipinski definition) is 5. The van der Waals surface area contributed by atoms with Crippen LogP contribution < -0.4 is 11.1 Å². The van der Waals surface area contributed by atoms with E-state index in [2.05, 4.69) is 57.1 Å². The van der Waals surface area contributed by atoms with Crippen molar-refractivity contribution in [2.45, 2.75) is 26.4 Å². The van der Waals surface area contributed by atoms with E-state index < -0.39 is 17.1 Å². The largest absolute Gasteiger partial charge is 0.465 e. The summed E-state index contributed by atoms with van der Waals surface area (Å²) in [6.45, 7) is 4.32. The first kappa shape index (κ1) is 25.6. The van der Waals surface area contributed by atoms with E-state index in [1.54, 1.807) is 13.0 Å². The van der Waals surface area contributed by atoms with E-state index in [0.717, 1.165) is 42.5 Å². The van der Waals surface area contributed by atoms with E-state index in [9.17, 15) is 14.4 Å². The predicted octanol–water partition coefficient (Wildman–Crippen LogP) is 4.49. The lowest BCUT2D eigenvalue weighted by Crippen LogP contribution is -2.38. The second kappa shape index (κ2) is 10.8. The Labute approximate surface area is 230 Å². The fourth-order valence-corrected chi connectivity index (χ4v) is 5.45. The Balaban J connectivity index is 1.30. The average Bonchev–Trinajstić information content (AvgIpc) is 3.44. The highest BCUT2D eigenvalue weighted by Gasteiger charge is 2.16. The Kier molecular flexibility index (Phi) is 6.92. The minimum Gasteiger partial charge on any atom is -0.465 e. The summed E-state index contributed by atoms with van der Waals surface area (Å²) < 4.78 is 8.34. The molecular formula is C32H30N4O4. The van der Waals surface area contributed by atoms with Crippen molar-refractivity contribution in [3.05, 3.63) is 117 Å². The average molecular weight is 535 g/mol. The molecule has 40 heavy (non-hydrogen) atoms. The predicted molar refractivity (Wildman–Crippen MR) is 157 cm³/mol. The van der Waals surface area contributed by atoms with Gasteiger partial charge in [-0.1, -0.05) is 48.5 Å². The van der Waals surface area contributed by atoms with Crippen LogP contribution in [0.4, 0.5) is 0 Å². The first-order valence-corrected chi connectivity index (χ1v) is 13.5. The molecule has 3 aromatic carbocycles. The fourth-order valence-electron chi connectivity index (χ4n) is 5.45. The smallest absolute Gasteiger partial charge is 0.326 e. The first-order valence-electron chi connectivity index (χ1n) is 13.5. The lowest BCUT2D eigenvalue weighted by atomic mass is 9.99. The van der Waals surface area contributed by atoms with Crippen molar-refractivity contribution in [2.24, 2.45) is 0 Å². The van der Waals surface area contributed by atoms with Crippen LogP contribution in [0.2, 0.25) is 0 Å². The van der Waals surface area contributed by atoms with Gasteiger partial charge in [0.1, 0.15) is 6.54 Å². The van der Waals surface area contributed by atoms with Gasteiger partial charge < -0.3 is 14.3 Å². The van der Waals surface area contributed by atoms with Crippen molar-refractivity contribution < 1.29 is 9.53 Å². The lowest BCUT2D eigenvalue weighted by molar-refractivity contribution is -0.143. The molecule has 0 bridgehead atoms. The zero-order chi connectivity index (χ0) is 27.6. The number of benzene rings is 3. The maximum atomic E-state index is 12.8. The van der Waals surface area contributed by atoms with Gasteiger partial charge in [0.2, 0.25) is 0 Å². The summed E-state index contributed by atoms with van der Waals surface area (Å²) in [5.41, 5.74) is 4.25. The highest BCUT2D eigenvalue weighted by Crippen LogP contribution is 2.27. The molecular weight excluding hydrogens is 504 g/mol. The van der Waals surface area contributed by atoms with Gasteiger partial charge in [0.15, 0.2) is 0 Å². The number of carbonyl (C=O) groups is 1. The summed E-state index contributed by atoms with van der Waals surface area (Å²) in [7, 11) is 0. The number of rotatable bonds is 7. The molecule has 2 aromatic heterocycles. The third kappa shape index (κ3) is 5.01. The van der Waals surface area contributed by atoms with E-state index in [0.29, 0.717) is 11.0 Å². The third-order valence-corrected chi connectivity index (χ3v) is 7.42. The molecule has 1 aliphatic rings. The number of nitrogens with zero attached hydrogens (tertiary/aromatic N) is 3. The monoisotopic (exact) mass is 534 g/mol. The highest BCUT2D eigenvalue weighted by molar-refractivity contribution is 6.05. The van der Waals surface area contributed by atoms with Crippen LogP contribution in [-0.4, -0.2) is 44.7 Å². The number of hydrogen-bond donors (Lipinski definition) is 1. The molecule has 3 heterocycles. The Bertz CT molecular complexity index is 1860. The molecule has 0 atom stereocenters. The number of H-pyrrole nitrogens is 1. The van der Waals surface area contributed by atoms with Gasteiger partial charge in [-0.3, -0.25) is 23.9 Å². The van der Waals surface area contributed by atoms with Crippen molar-refractivity contribution in [1.82, 2.24) is 19.0 Å². The third-order valence-electron chi connectivity index (χ3n) is 7.42. The summed E-state index contributed by atoms with van der Waals surface area (Å²) >= 11 is 0. The normalized spacial score (nSPS) is 14.0. The molecule has 1 aliphatic heterocycles. The maximum absolute atomic E-state index is 12.8. The zero-order valence-corrected chi connectivity index (χ0v) is 22.3. The van der Waals surface area contributed by atoms with E-state index >= 15 is 0 Å². The van der Waals surface area contributed by atoms with E-state index in [-0.39, 0.29) is 13.2 Å². The number of ether oxygens (including phenoxy) is 1. The van der Waals surface area contributed by atoms with Crippen LogP contribution in [-0.2, 0) is 22.6 Å². The van der Waals surface area contributed by atoms with Gasteiger partial charge in [-0.25, -0.2) is 0 Å². The van der Waals surface area contributed by atoms with Crippen LogP contribution in [0.3, 0.4) is 0 Å². The van der Waals surface area contributed by atoms with Crippen molar-refractivity contribution in [2.75, 3.05) is 19.7 Å². The van der Waals surface area contributed by atoms with Crippen LogP contribution in [0, 0.1) is 0 Å². The minimum absolute atomic E-state index is 0.192. The molecule has 0 radical (unpaired) electrons. The maximum Gasteiger partial charge on any atom is 0.326 e. The second-order valence-corrected chi connectivity index (χ2v) is 10.0. The molecule has 8 heteroatoms. The number of carbonyl (C=O) groups excluding carboxylic acids is 1. The van der Waals surface area contributed by atoms with Gasteiger partial charge in [-0.2, -0.15) is 0 Å². The second-order valence-electron chi connectivity index (χ2n) is 10.0. The van der Waals surface area contributed by atoms with Crippen LogP contribution in [0.1, 0.15) is 24.5 Å². The molecule has 1 N–H and O–H groups in total. The zero-order valence-electron chi connectivity index (χ0n) is 22.3. The summed E-state index contributed by atoms with van der Waals surface area (Å²) in [5.74, 6) is -0.567. The fraction of sp³-hybridized carbons (Fsp3) is 0.219. The number of aromatic amines is 1. The number of esters is 1. The van der Waals surface area contributed by atoms with Crippen molar-refractivity contribution in [3.8, 4) is 5.69 Å². The van der Waals surface area contributed by atoms with Crippen molar-refractivity contribution >= 4 is 33.3 Å². The van der Waals surface area contributed by atoms with Crippen LogP contribution in [0.25, 0.3) is 33.1 Å². The van der Waals surface area contributed by atoms with Gasteiger partial charge in [0.05, 0.1) is 17.6 Å². The summed E-state index contributed by atoms with van der Waals surface area (Å²) in [6.07, 6.45) is 7.50. The number of fused-ring (bicyclic) bond motifs is 3. The summed E-state index contributed by atoms with van der Waals surface area (Å²) in [5, 5.41) is 1.65. The molecule has 6 rings (SSSR count). The number of aromatic nitrogens is 3. The Morgan fingerprint density at radius 2 is 1.85 bits per heavy atom. The van der Waals surface area contributed by atoms with Gasteiger partial charge in [-0.05, 0) is 59.7 Å². The molecule has 0 saturated heterocycles. The lowest BCUT2D eigenvalue weighted by Gasteiger charge is -2.26. The molecule has 0 aliphatic carbocycles. The molecule has 0 saturated carbocycles. The number of nitrogens with one attached hydrogen (secondary N) is 1. The van der Waals surface area contributed by atoms with Gasteiger partial charge in [-0.15, -0.1) is 0 Å². The quantitative estimate of drug-likeness (QED) is 0.189. The molecule has 5 aromatic rings. The van der Waals surface area contributed by atoms with Crippen LogP contribution >= 0.6 is 0 Å². The first-order chi connectivity index (χ1) is 19.5. The van der Waals surface area contributed by atoms with E-state index in [1.165, 1.54) is 21.3 Å². The van der Waals surface area contributed by atoms with Crippen molar-refractivity contribution in [3.63, 3.8) is 0 Å². The molecule has 8 nitrogen and oxygen atoms in total. The van der Waals surface area contributed by atoms with E-state index in [1.807, 2.05) is 36.5 Å². The van der Waals surface area contributed by atoms with Gasteiger partial charge >= 0.3 is 17.1 Å². The SMILES string of the molecule is CCOC(=O)Cn1c(=O)c(=O)[nH]c2ccc3ccc(-n4ccc(CN5CC=C(c6ccccc6)CC5)c4)cc3c21. The summed E-state index contributed by atoms with van der Waals surface area (Å²) in [4.78, 5) is 42.5. The van der Waals surface area contributed by atoms with Crippen LogP contribution in [0.5, 0.6) is 0 Å². The van der Waals surface area contributed by atoms with Crippen molar-refractivity contribution in [1.29, 1.82) is 0 Å². The van der Waals surface area contributed by atoms with E-state index in [4.69, 9.17) is 4.74 Å². The van der Waals surface area contributed by atoms with Crippen LogP contribution in [0.15, 0.2) is 94.8 Å². The Hall–Kier alpha value is -4.69. The standard InChI is InChI=1S/C32H30N4O4/c1-2-40-29(37)21-36-30-27-18-26(10-8-25(27)9-11-28(30)33-31(38)32(36)39)35-17-12-22(20-35)19-34-15-13-24(14-16-34)23-6-4-3-5-7-23/h3-13,17-18,20H,2,14-16,19,21H2,1H3,(H,33,38). The molecule has 0 spiro atoms.